The molecule has 1 saturated carbocycles. The van der Waals surface area contributed by atoms with Crippen LogP contribution in [0.5, 0.6) is 11.5 Å². The van der Waals surface area contributed by atoms with Gasteiger partial charge < -0.3 is 20.3 Å². The molecule has 1 aliphatic carbocycles. The van der Waals surface area contributed by atoms with Gasteiger partial charge in [0.05, 0.1) is 31.9 Å². The molecule has 0 radical (unpaired) electrons. The Balaban J connectivity index is 2.28. The predicted molar refractivity (Wildman–Crippen MR) is 74.4 cm³/mol. The SMILES string of the molecule is COc1cccc(OC)c1[C@@H](N)[C@@H](O)C1CCCC1. The second kappa shape index (κ2) is 6.26. The number of hydrogen-bond donors (Lipinski definition) is 2. The average molecular weight is 265 g/mol. The highest BCUT2D eigenvalue weighted by molar-refractivity contribution is 5.47. The van der Waals surface area contributed by atoms with Crippen LogP contribution in [0, 0.1) is 5.92 Å². The van der Waals surface area contributed by atoms with Gasteiger partial charge in [-0.25, -0.2) is 0 Å². The lowest BCUT2D eigenvalue weighted by atomic mass is 9.90. The van der Waals surface area contributed by atoms with E-state index in [0.717, 1.165) is 18.4 Å². The van der Waals surface area contributed by atoms with Crippen molar-refractivity contribution in [3.05, 3.63) is 23.8 Å². The summed E-state index contributed by atoms with van der Waals surface area (Å²) in [4.78, 5) is 0. The zero-order valence-corrected chi connectivity index (χ0v) is 11.6. The van der Waals surface area contributed by atoms with Crippen LogP contribution < -0.4 is 15.2 Å². The van der Waals surface area contributed by atoms with Crippen molar-refractivity contribution in [2.24, 2.45) is 11.7 Å². The average Bonchev–Trinajstić information content (AvgIpc) is 2.98. The standard InChI is InChI=1S/C15H23NO3/c1-18-11-8-5-9-12(19-2)13(11)14(16)15(17)10-6-3-4-7-10/h5,8-10,14-15,17H,3-4,6-7,16H2,1-2H3/t14-,15+/m1/s1. The van der Waals surface area contributed by atoms with Gasteiger partial charge in [-0.2, -0.15) is 0 Å². The smallest absolute Gasteiger partial charge is 0.127 e. The van der Waals surface area contributed by atoms with Gasteiger partial charge in [-0.3, -0.25) is 0 Å². The maximum Gasteiger partial charge on any atom is 0.127 e. The number of ether oxygens (including phenoxy) is 2. The first kappa shape index (κ1) is 14.2. The summed E-state index contributed by atoms with van der Waals surface area (Å²) in [6, 6.07) is 5.07. The lowest BCUT2D eigenvalue weighted by Crippen LogP contribution is -2.32. The normalized spacial score (nSPS) is 19.2. The highest BCUT2D eigenvalue weighted by Crippen LogP contribution is 2.39. The fraction of sp³-hybridized carbons (Fsp3) is 0.600. The highest BCUT2D eigenvalue weighted by atomic mass is 16.5. The summed E-state index contributed by atoms with van der Waals surface area (Å²) >= 11 is 0. The Morgan fingerprint density at radius 1 is 1.16 bits per heavy atom. The summed E-state index contributed by atoms with van der Waals surface area (Å²) in [7, 11) is 3.21. The van der Waals surface area contributed by atoms with Crippen LogP contribution in [0.1, 0.15) is 37.3 Å². The third-order valence-corrected chi connectivity index (χ3v) is 4.05. The van der Waals surface area contributed by atoms with Crippen molar-refractivity contribution in [2.45, 2.75) is 37.8 Å². The number of benzene rings is 1. The number of rotatable bonds is 5. The van der Waals surface area contributed by atoms with Crippen LogP contribution in [0.4, 0.5) is 0 Å². The minimum Gasteiger partial charge on any atom is -0.496 e. The van der Waals surface area contributed by atoms with E-state index in [9.17, 15) is 5.11 Å². The minimum atomic E-state index is -0.548. The molecule has 0 amide bonds. The molecule has 2 atom stereocenters. The molecule has 19 heavy (non-hydrogen) atoms. The summed E-state index contributed by atoms with van der Waals surface area (Å²) in [5.74, 6) is 1.62. The van der Waals surface area contributed by atoms with E-state index in [0.29, 0.717) is 11.5 Å². The molecule has 1 fully saturated rings. The third kappa shape index (κ3) is 2.85. The first-order valence-electron chi connectivity index (χ1n) is 6.83. The monoisotopic (exact) mass is 265 g/mol. The lowest BCUT2D eigenvalue weighted by Gasteiger charge is -2.27. The Hall–Kier alpha value is -1.26. The van der Waals surface area contributed by atoms with Gasteiger partial charge >= 0.3 is 0 Å². The Kier molecular flexibility index (Phi) is 4.66. The van der Waals surface area contributed by atoms with Crippen molar-refractivity contribution in [1.82, 2.24) is 0 Å². The van der Waals surface area contributed by atoms with Crippen molar-refractivity contribution in [1.29, 1.82) is 0 Å². The van der Waals surface area contributed by atoms with Crippen LogP contribution in [0.25, 0.3) is 0 Å². The van der Waals surface area contributed by atoms with Gasteiger partial charge in [0.1, 0.15) is 11.5 Å². The molecule has 0 unspecified atom stereocenters. The second-order valence-electron chi connectivity index (χ2n) is 5.14. The van der Waals surface area contributed by atoms with Crippen LogP contribution in [-0.4, -0.2) is 25.4 Å². The van der Waals surface area contributed by atoms with Crippen molar-refractivity contribution >= 4 is 0 Å². The molecule has 1 aromatic rings. The predicted octanol–water partition coefficient (Wildman–Crippen LogP) is 2.25. The zero-order valence-electron chi connectivity index (χ0n) is 11.6. The third-order valence-electron chi connectivity index (χ3n) is 4.05. The van der Waals surface area contributed by atoms with Gasteiger partial charge in [0.25, 0.3) is 0 Å². The molecule has 1 aliphatic rings. The Morgan fingerprint density at radius 3 is 2.16 bits per heavy atom. The molecule has 3 N–H and O–H groups in total. The largest absolute Gasteiger partial charge is 0.496 e. The van der Waals surface area contributed by atoms with Gasteiger partial charge in [0, 0.05) is 0 Å². The van der Waals surface area contributed by atoms with E-state index in [1.807, 2.05) is 18.2 Å². The highest BCUT2D eigenvalue weighted by Gasteiger charge is 2.31. The summed E-state index contributed by atoms with van der Waals surface area (Å²) in [5.41, 5.74) is 7.02. The molecule has 1 aromatic carbocycles. The van der Waals surface area contributed by atoms with Crippen molar-refractivity contribution in [3.63, 3.8) is 0 Å². The zero-order chi connectivity index (χ0) is 13.8. The summed E-state index contributed by atoms with van der Waals surface area (Å²) in [5, 5.41) is 10.5. The fourth-order valence-electron chi connectivity index (χ4n) is 2.97. The number of nitrogens with two attached hydrogens (primary N) is 1. The van der Waals surface area contributed by atoms with Gasteiger partial charge in [0.2, 0.25) is 0 Å². The molecule has 4 nitrogen and oxygen atoms in total. The van der Waals surface area contributed by atoms with E-state index >= 15 is 0 Å². The summed E-state index contributed by atoms with van der Waals surface area (Å²) < 4.78 is 10.7. The molecule has 4 heteroatoms. The summed E-state index contributed by atoms with van der Waals surface area (Å²) in [6.07, 6.45) is 3.90. The van der Waals surface area contributed by atoms with Crippen LogP contribution in [0.15, 0.2) is 18.2 Å². The second-order valence-corrected chi connectivity index (χ2v) is 5.14. The van der Waals surface area contributed by atoms with Gasteiger partial charge in [-0.15, -0.1) is 0 Å². The van der Waals surface area contributed by atoms with E-state index in [-0.39, 0.29) is 5.92 Å². The van der Waals surface area contributed by atoms with Crippen LogP contribution in [-0.2, 0) is 0 Å². The number of methoxy groups -OCH3 is 2. The Morgan fingerprint density at radius 2 is 1.68 bits per heavy atom. The van der Waals surface area contributed by atoms with Crippen molar-refractivity contribution in [2.75, 3.05) is 14.2 Å². The van der Waals surface area contributed by atoms with Crippen LogP contribution in [0.3, 0.4) is 0 Å². The summed E-state index contributed by atoms with van der Waals surface area (Å²) in [6.45, 7) is 0. The Bertz CT molecular complexity index is 394. The van der Waals surface area contributed by atoms with Gasteiger partial charge in [-0.05, 0) is 30.9 Å². The molecule has 0 aromatic heterocycles. The van der Waals surface area contributed by atoms with Crippen LogP contribution >= 0.6 is 0 Å². The molecular formula is C15H23NO3. The topological polar surface area (TPSA) is 64.7 Å². The molecule has 0 spiro atoms. The minimum absolute atomic E-state index is 0.282. The molecule has 0 bridgehead atoms. The molecule has 2 rings (SSSR count). The van der Waals surface area contributed by atoms with E-state index in [1.54, 1.807) is 14.2 Å². The fourth-order valence-corrected chi connectivity index (χ4v) is 2.97. The van der Waals surface area contributed by atoms with E-state index in [4.69, 9.17) is 15.2 Å². The molecule has 0 heterocycles. The van der Waals surface area contributed by atoms with E-state index in [1.165, 1.54) is 12.8 Å². The molecule has 0 saturated heterocycles. The molecular weight excluding hydrogens is 242 g/mol. The molecule has 0 aliphatic heterocycles. The quantitative estimate of drug-likeness (QED) is 0.857. The Labute approximate surface area is 114 Å². The van der Waals surface area contributed by atoms with Gasteiger partial charge in [-0.1, -0.05) is 18.9 Å². The van der Waals surface area contributed by atoms with Crippen molar-refractivity contribution in [3.8, 4) is 11.5 Å². The number of aliphatic hydroxyl groups excluding tert-OH is 1. The first-order chi connectivity index (χ1) is 9.19. The lowest BCUT2D eigenvalue weighted by molar-refractivity contribution is 0.0826. The maximum absolute atomic E-state index is 10.5. The number of hydrogen-bond acceptors (Lipinski definition) is 4. The van der Waals surface area contributed by atoms with Crippen LogP contribution in [0.2, 0.25) is 0 Å². The first-order valence-corrected chi connectivity index (χ1v) is 6.83. The molecule has 106 valence electrons. The van der Waals surface area contributed by atoms with E-state index in [2.05, 4.69) is 0 Å². The maximum atomic E-state index is 10.5. The van der Waals surface area contributed by atoms with E-state index < -0.39 is 12.1 Å². The van der Waals surface area contributed by atoms with Gasteiger partial charge in [0.15, 0.2) is 0 Å². The number of aliphatic hydroxyl groups is 1. The van der Waals surface area contributed by atoms with Crippen molar-refractivity contribution < 1.29 is 14.6 Å².